The van der Waals surface area contributed by atoms with E-state index in [9.17, 15) is 9.18 Å². The van der Waals surface area contributed by atoms with Crippen LogP contribution in [0, 0.1) is 5.92 Å². The minimum atomic E-state index is -0.917. The van der Waals surface area contributed by atoms with Gasteiger partial charge >= 0.3 is 0 Å². The highest BCUT2D eigenvalue weighted by Gasteiger charge is 2.50. The molecule has 8 heteroatoms. The quantitative estimate of drug-likeness (QED) is 0.811. The van der Waals surface area contributed by atoms with Crippen molar-refractivity contribution in [2.75, 3.05) is 13.8 Å². The number of alkyl halides is 1. The van der Waals surface area contributed by atoms with Crippen LogP contribution in [0.2, 0.25) is 0 Å². The summed E-state index contributed by atoms with van der Waals surface area (Å²) in [5.74, 6) is 1.26. The summed E-state index contributed by atoms with van der Waals surface area (Å²) in [6.45, 7) is 2.67. The van der Waals surface area contributed by atoms with Crippen molar-refractivity contribution in [1.82, 2.24) is 20.1 Å². The summed E-state index contributed by atoms with van der Waals surface area (Å²) >= 11 is 0. The summed E-state index contributed by atoms with van der Waals surface area (Å²) in [6.07, 6.45) is 6.99. The normalized spacial score (nSPS) is 20.8. The molecule has 132 valence electrons. The number of amides is 1. The standard InChI is InChI=1S/C17H20FN5O2/c1-17(2,9-18)20-16(24)14-12-7-10-6-11(10)15(12)23(21-14)13-8-22(25-3)5-4-19-13/h4-5,8,10-11H,6-7,9H2,1-3H3/p+1/t10-,11-/m0/s1. The largest absolute Gasteiger partial charge is 0.343 e. The van der Waals surface area contributed by atoms with Gasteiger partial charge in [-0.2, -0.15) is 5.10 Å². The molecule has 4 rings (SSSR count). The predicted octanol–water partition coefficient (Wildman–Crippen LogP) is 0.751. The van der Waals surface area contributed by atoms with Gasteiger partial charge in [-0.25, -0.2) is 14.1 Å². The van der Waals surface area contributed by atoms with Crippen molar-refractivity contribution in [2.24, 2.45) is 5.92 Å². The molecule has 2 heterocycles. The summed E-state index contributed by atoms with van der Waals surface area (Å²) in [6, 6.07) is 0. The summed E-state index contributed by atoms with van der Waals surface area (Å²) in [5.41, 5.74) is 1.47. The SMILES string of the molecule is CO[n+]1ccnc(-n2nc(C(=O)NC(C)(C)CF)c3c2[C@H]2C[C@H]2C3)c1. The Hall–Kier alpha value is -2.51. The van der Waals surface area contributed by atoms with Gasteiger partial charge in [0.1, 0.15) is 13.8 Å². The molecule has 1 saturated carbocycles. The fraction of sp³-hybridized carbons (Fsp3) is 0.529. The number of nitrogens with one attached hydrogen (secondary N) is 1. The monoisotopic (exact) mass is 346 g/mol. The third kappa shape index (κ3) is 2.65. The Morgan fingerprint density at radius 3 is 3.08 bits per heavy atom. The van der Waals surface area contributed by atoms with Crippen molar-refractivity contribution in [2.45, 2.75) is 38.1 Å². The molecule has 25 heavy (non-hydrogen) atoms. The molecule has 0 aromatic carbocycles. The fourth-order valence-corrected chi connectivity index (χ4v) is 3.46. The molecule has 0 bridgehead atoms. The third-order valence-corrected chi connectivity index (χ3v) is 4.86. The molecule has 1 N–H and O–H groups in total. The Balaban J connectivity index is 1.76. The number of nitrogens with zero attached hydrogens (tertiary/aromatic N) is 4. The van der Waals surface area contributed by atoms with E-state index in [1.54, 1.807) is 44.2 Å². The van der Waals surface area contributed by atoms with E-state index in [2.05, 4.69) is 15.4 Å². The number of fused-ring (bicyclic) bond motifs is 3. The van der Waals surface area contributed by atoms with Crippen LogP contribution in [0.1, 0.15) is 47.9 Å². The van der Waals surface area contributed by atoms with Gasteiger partial charge in [0, 0.05) is 16.2 Å². The molecule has 2 aromatic rings. The van der Waals surface area contributed by atoms with E-state index in [0.717, 1.165) is 24.1 Å². The molecule has 0 unspecified atom stereocenters. The van der Waals surface area contributed by atoms with E-state index >= 15 is 0 Å². The van der Waals surface area contributed by atoms with Gasteiger partial charge in [0.15, 0.2) is 5.69 Å². The predicted molar refractivity (Wildman–Crippen MR) is 86.1 cm³/mol. The molecule has 0 aliphatic heterocycles. The molecule has 2 aliphatic rings. The average Bonchev–Trinajstić information content (AvgIpc) is 3.10. The van der Waals surface area contributed by atoms with E-state index < -0.39 is 12.2 Å². The van der Waals surface area contributed by atoms with E-state index in [1.807, 2.05) is 0 Å². The smallest absolute Gasteiger partial charge is 0.272 e. The van der Waals surface area contributed by atoms with Crippen molar-refractivity contribution in [3.63, 3.8) is 0 Å². The second-order valence-corrected chi connectivity index (χ2v) is 7.36. The van der Waals surface area contributed by atoms with Crippen molar-refractivity contribution < 1.29 is 18.8 Å². The van der Waals surface area contributed by atoms with Crippen LogP contribution in [0.5, 0.6) is 0 Å². The number of halogens is 1. The number of carbonyl (C=O) groups is 1. The molecule has 1 fully saturated rings. The molecule has 1 amide bonds. The molecule has 2 aliphatic carbocycles. The first-order valence-electron chi connectivity index (χ1n) is 8.36. The number of hydrogen-bond acceptors (Lipinski definition) is 4. The summed E-state index contributed by atoms with van der Waals surface area (Å²) in [4.78, 5) is 22.2. The lowest BCUT2D eigenvalue weighted by molar-refractivity contribution is -0.885. The first-order chi connectivity index (χ1) is 11.9. The number of carbonyl (C=O) groups excluding carboxylic acids is 1. The highest BCUT2D eigenvalue weighted by atomic mass is 19.1. The second-order valence-electron chi connectivity index (χ2n) is 7.36. The molecule has 2 atom stereocenters. The van der Waals surface area contributed by atoms with Gasteiger partial charge in [-0.3, -0.25) is 9.63 Å². The van der Waals surface area contributed by atoms with E-state index in [1.165, 1.54) is 4.73 Å². The number of rotatable bonds is 5. The molecule has 2 aromatic heterocycles. The topological polar surface area (TPSA) is 72.9 Å². The Bertz CT molecular complexity index is 848. The molecular formula is C17H21FN5O2+. The van der Waals surface area contributed by atoms with Gasteiger partial charge in [0.2, 0.25) is 12.0 Å². The summed E-state index contributed by atoms with van der Waals surface area (Å²) in [7, 11) is 1.56. The Morgan fingerprint density at radius 2 is 2.36 bits per heavy atom. The maximum atomic E-state index is 13.1. The summed E-state index contributed by atoms with van der Waals surface area (Å²) in [5, 5.41) is 7.25. The molecular weight excluding hydrogens is 325 g/mol. The Kier molecular flexibility index (Phi) is 3.52. The van der Waals surface area contributed by atoms with Gasteiger partial charge in [-0.1, -0.05) is 0 Å². The van der Waals surface area contributed by atoms with Crippen molar-refractivity contribution in [3.8, 4) is 5.82 Å². The first kappa shape index (κ1) is 16.0. The van der Waals surface area contributed by atoms with Gasteiger partial charge < -0.3 is 5.32 Å². The van der Waals surface area contributed by atoms with Crippen LogP contribution in [0.4, 0.5) is 4.39 Å². The highest BCUT2D eigenvalue weighted by molar-refractivity contribution is 5.95. The number of aromatic nitrogens is 4. The van der Waals surface area contributed by atoms with Crippen molar-refractivity contribution in [1.29, 1.82) is 0 Å². The second kappa shape index (κ2) is 5.50. The van der Waals surface area contributed by atoms with Crippen LogP contribution in [-0.2, 0) is 6.42 Å². The van der Waals surface area contributed by atoms with Crippen molar-refractivity contribution >= 4 is 5.91 Å². The summed E-state index contributed by atoms with van der Waals surface area (Å²) < 4.78 is 16.3. The van der Waals surface area contributed by atoms with Crippen LogP contribution >= 0.6 is 0 Å². The van der Waals surface area contributed by atoms with Gasteiger partial charge in [0.05, 0.1) is 17.4 Å². The maximum absolute atomic E-state index is 13.1. The maximum Gasteiger partial charge on any atom is 0.272 e. The van der Waals surface area contributed by atoms with Gasteiger partial charge in [-0.15, -0.1) is 0 Å². The third-order valence-electron chi connectivity index (χ3n) is 4.86. The van der Waals surface area contributed by atoms with Crippen LogP contribution in [0.25, 0.3) is 5.82 Å². The lowest BCUT2D eigenvalue weighted by atomic mass is 10.1. The Morgan fingerprint density at radius 1 is 1.56 bits per heavy atom. The average molecular weight is 346 g/mol. The van der Waals surface area contributed by atoms with Crippen LogP contribution < -0.4 is 14.9 Å². The van der Waals surface area contributed by atoms with E-state index in [4.69, 9.17) is 4.84 Å². The zero-order valence-corrected chi connectivity index (χ0v) is 14.5. The Labute approximate surface area is 144 Å². The minimum Gasteiger partial charge on any atom is -0.343 e. The van der Waals surface area contributed by atoms with Gasteiger partial charge in [-0.05, 0) is 32.6 Å². The van der Waals surface area contributed by atoms with Crippen LogP contribution in [0.3, 0.4) is 0 Å². The molecule has 0 saturated heterocycles. The minimum absolute atomic E-state index is 0.338. The van der Waals surface area contributed by atoms with E-state index in [-0.39, 0.29) is 5.91 Å². The van der Waals surface area contributed by atoms with Crippen LogP contribution in [-0.4, -0.2) is 40.0 Å². The zero-order chi connectivity index (χ0) is 17.8. The lowest BCUT2D eigenvalue weighted by Crippen LogP contribution is -2.45. The molecule has 0 radical (unpaired) electrons. The lowest BCUT2D eigenvalue weighted by Gasteiger charge is -2.21. The fourth-order valence-electron chi connectivity index (χ4n) is 3.46. The van der Waals surface area contributed by atoms with E-state index in [0.29, 0.717) is 23.3 Å². The molecule has 0 spiro atoms. The van der Waals surface area contributed by atoms with Gasteiger partial charge in [0.25, 0.3) is 12.1 Å². The highest BCUT2D eigenvalue weighted by Crippen LogP contribution is 2.57. The van der Waals surface area contributed by atoms with Crippen molar-refractivity contribution in [3.05, 3.63) is 35.5 Å². The zero-order valence-electron chi connectivity index (χ0n) is 14.5. The van der Waals surface area contributed by atoms with Crippen LogP contribution in [0.15, 0.2) is 18.6 Å². The molecule has 7 nitrogen and oxygen atoms in total. The number of hydrogen-bond donors (Lipinski definition) is 1. The first-order valence-corrected chi connectivity index (χ1v) is 8.36.